The van der Waals surface area contributed by atoms with Crippen molar-refractivity contribution in [2.24, 2.45) is 0 Å². The Morgan fingerprint density at radius 1 is 1.33 bits per heavy atom. The summed E-state index contributed by atoms with van der Waals surface area (Å²) < 4.78 is 5.38. The minimum Gasteiger partial charge on any atom is -0.419 e. The number of alkyl halides is 1. The molecule has 4 nitrogen and oxygen atoms in total. The Balaban J connectivity index is 2.33. The van der Waals surface area contributed by atoms with E-state index in [4.69, 9.17) is 16.0 Å². The van der Waals surface area contributed by atoms with Crippen molar-refractivity contribution < 1.29 is 4.42 Å². The number of aromatic nitrogens is 3. The van der Waals surface area contributed by atoms with Crippen molar-refractivity contribution in [2.45, 2.75) is 19.2 Å². The molecule has 2 aromatic rings. The second-order valence-corrected chi connectivity index (χ2v) is 3.90. The second-order valence-electron chi connectivity index (χ2n) is 3.25. The zero-order valence-corrected chi connectivity index (χ0v) is 9.19. The lowest BCUT2D eigenvalue weighted by molar-refractivity contribution is 0.507. The maximum absolute atomic E-state index is 5.82. The minimum absolute atomic E-state index is 0.273. The molecule has 0 aliphatic carbocycles. The summed E-state index contributed by atoms with van der Waals surface area (Å²) in [6.07, 6.45) is 1.70. The van der Waals surface area contributed by atoms with Crippen molar-refractivity contribution in [3.8, 4) is 11.5 Å². The number of rotatable bonds is 2. The van der Waals surface area contributed by atoms with Crippen LogP contribution in [0.3, 0.4) is 0 Å². The zero-order valence-electron chi connectivity index (χ0n) is 8.44. The molecule has 2 aromatic heterocycles. The molecule has 0 amide bonds. The Hall–Kier alpha value is -1.42. The van der Waals surface area contributed by atoms with Crippen LogP contribution in [-0.4, -0.2) is 15.2 Å². The first-order chi connectivity index (χ1) is 7.16. The lowest BCUT2D eigenvalue weighted by Gasteiger charge is -1.95. The zero-order chi connectivity index (χ0) is 10.8. The maximum atomic E-state index is 5.82. The van der Waals surface area contributed by atoms with Gasteiger partial charge in [0.25, 0.3) is 0 Å². The van der Waals surface area contributed by atoms with E-state index in [1.165, 1.54) is 0 Å². The van der Waals surface area contributed by atoms with Gasteiger partial charge >= 0.3 is 0 Å². The molecule has 5 heteroatoms. The summed E-state index contributed by atoms with van der Waals surface area (Å²) in [7, 11) is 0. The smallest absolute Gasteiger partial charge is 0.249 e. The number of halogens is 1. The van der Waals surface area contributed by atoms with Gasteiger partial charge in [-0.15, -0.1) is 21.8 Å². The first kappa shape index (κ1) is 10.1. The molecule has 78 valence electrons. The summed E-state index contributed by atoms with van der Waals surface area (Å²) >= 11 is 5.82. The highest BCUT2D eigenvalue weighted by molar-refractivity contribution is 6.20. The summed E-state index contributed by atoms with van der Waals surface area (Å²) in [5, 5.41) is 7.46. The van der Waals surface area contributed by atoms with Crippen LogP contribution in [0.1, 0.15) is 23.9 Å². The predicted molar refractivity (Wildman–Crippen MR) is 56.5 cm³/mol. The van der Waals surface area contributed by atoms with Crippen LogP contribution in [0.15, 0.2) is 22.7 Å². The Morgan fingerprint density at radius 3 is 2.67 bits per heavy atom. The molecular weight excluding hydrogens is 214 g/mol. The monoisotopic (exact) mass is 223 g/mol. The summed E-state index contributed by atoms with van der Waals surface area (Å²) in [5.74, 6) is 0.872. The molecule has 0 aliphatic rings. The lowest BCUT2D eigenvalue weighted by Crippen LogP contribution is -1.82. The molecule has 1 atom stereocenters. The van der Waals surface area contributed by atoms with Gasteiger partial charge in [-0.3, -0.25) is 4.98 Å². The Bertz CT molecular complexity index is 450. The third-order valence-corrected chi connectivity index (χ3v) is 2.13. The van der Waals surface area contributed by atoms with Crippen molar-refractivity contribution in [2.75, 3.05) is 0 Å². The van der Waals surface area contributed by atoms with Gasteiger partial charge in [0.05, 0.1) is 5.56 Å². The molecule has 0 spiro atoms. The third kappa shape index (κ3) is 2.15. The highest BCUT2D eigenvalue weighted by Gasteiger charge is 2.12. The van der Waals surface area contributed by atoms with Gasteiger partial charge < -0.3 is 4.42 Å². The van der Waals surface area contributed by atoms with Crippen molar-refractivity contribution >= 4 is 11.6 Å². The molecule has 15 heavy (non-hydrogen) atoms. The van der Waals surface area contributed by atoms with Crippen molar-refractivity contribution in [3.05, 3.63) is 29.9 Å². The van der Waals surface area contributed by atoms with E-state index in [1.54, 1.807) is 13.1 Å². The standard InChI is InChI=1S/C10H10ClN3O/c1-6-3-4-8(5-12-6)10-14-13-9(15-10)7(2)11/h3-5,7H,1-2H3. The summed E-state index contributed by atoms with van der Waals surface area (Å²) in [6.45, 7) is 3.70. The second kappa shape index (κ2) is 3.98. The summed E-state index contributed by atoms with van der Waals surface area (Å²) in [5.41, 5.74) is 1.75. The molecule has 0 fully saturated rings. The average Bonchev–Trinajstić information content (AvgIpc) is 2.68. The fourth-order valence-corrected chi connectivity index (χ4v) is 1.19. The summed E-state index contributed by atoms with van der Waals surface area (Å²) in [6, 6.07) is 3.78. The topological polar surface area (TPSA) is 51.8 Å². The van der Waals surface area contributed by atoms with Gasteiger partial charge in [0.15, 0.2) is 0 Å². The van der Waals surface area contributed by atoms with E-state index in [0.717, 1.165) is 11.3 Å². The summed E-state index contributed by atoms with van der Waals surface area (Å²) in [4.78, 5) is 4.15. The van der Waals surface area contributed by atoms with E-state index >= 15 is 0 Å². The van der Waals surface area contributed by atoms with Gasteiger partial charge in [0.1, 0.15) is 5.38 Å². The van der Waals surface area contributed by atoms with E-state index < -0.39 is 0 Å². The van der Waals surface area contributed by atoms with E-state index in [1.807, 2.05) is 19.1 Å². The normalized spacial score (nSPS) is 12.7. The number of pyridine rings is 1. The number of aryl methyl sites for hydroxylation is 1. The third-order valence-electron chi connectivity index (χ3n) is 1.94. The fourth-order valence-electron chi connectivity index (χ4n) is 1.11. The van der Waals surface area contributed by atoms with Crippen molar-refractivity contribution in [3.63, 3.8) is 0 Å². The minimum atomic E-state index is -0.273. The highest BCUT2D eigenvalue weighted by Crippen LogP contribution is 2.22. The largest absolute Gasteiger partial charge is 0.419 e. The van der Waals surface area contributed by atoms with E-state index in [-0.39, 0.29) is 5.38 Å². The van der Waals surface area contributed by atoms with Gasteiger partial charge in [-0.1, -0.05) is 0 Å². The SMILES string of the molecule is Cc1ccc(-c2nnc(C(C)Cl)o2)cn1. The van der Waals surface area contributed by atoms with Gasteiger partial charge in [-0.2, -0.15) is 0 Å². The van der Waals surface area contributed by atoms with Crippen LogP contribution in [0.4, 0.5) is 0 Å². The van der Waals surface area contributed by atoms with Crippen molar-refractivity contribution in [1.82, 2.24) is 15.2 Å². The molecule has 0 aromatic carbocycles. The van der Waals surface area contributed by atoms with Crippen LogP contribution >= 0.6 is 11.6 Å². The molecule has 2 rings (SSSR count). The average molecular weight is 224 g/mol. The molecule has 0 N–H and O–H groups in total. The molecule has 0 saturated carbocycles. The van der Waals surface area contributed by atoms with E-state index in [2.05, 4.69) is 15.2 Å². The number of nitrogens with zero attached hydrogens (tertiary/aromatic N) is 3. The van der Waals surface area contributed by atoms with E-state index in [9.17, 15) is 0 Å². The van der Waals surface area contributed by atoms with Crippen LogP contribution in [-0.2, 0) is 0 Å². The van der Waals surface area contributed by atoms with Crippen LogP contribution in [0, 0.1) is 6.92 Å². The maximum Gasteiger partial charge on any atom is 0.249 e. The first-order valence-corrected chi connectivity index (χ1v) is 5.01. The lowest BCUT2D eigenvalue weighted by atomic mass is 10.2. The van der Waals surface area contributed by atoms with Crippen LogP contribution in [0.25, 0.3) is 11.5 Å². The molecule has 0 saturated heterocycles. The predicted octanol–water partition coefficient (Wildman–Crippen LogP) is 2.74. The molecule has 2 heterocycles. The van der Waals surface area contributed by atoms with Gasteiger partial charge in [0.2, 0.25) is 11.8 Å². The van der Waals surface area contributed by atoms with Gasteiger partial charge in [0, 0.05) is 11.9 Å². The van der Waals surface area contributed by atoms with Crippen LogP contribution in [0.5, 0.6) is 0 Å². The van der Waals surface area contributed by atoms with Crippen molar-refractivity contribution in [1.29, 1.82) is 0 Å². The van der Waals surface area contributed by atoms with E-state index in [0.29, 0.717) is 11.8 Å². The molecule has 0 bridgehead atoms. The van der Waals surface area contributed by atoms with Crippen LogP contribution < -0.4 is 0 Å². The fraction of sp³-hybridized carbons (Fsp3) is 0.300. The Kier molecular flexibility index (Phi) is 2.68. The molecule has 0 aliphatic heterocycles. The molecule has 1 unspecified atom stereocenters. The van der Waals surface area contributed by atoms with Gasteiger partial charge in [-0.05, 0) is 26.0 Å². The number of hydrogen-bond acceptors (Lipinski definition) is 4. The molecule has 0 radical (unpaired) electrons. The first-order valence-electron chi connectivity index (χ1n) is 4.57. The molecular formula is C10H10ClN3O. The number of hydrogen-bond donors (Lipinski definition) is 0. The Morgan fingerprint density at radius 2 is 2.13 bits per heavy atom. The van der Waals surface area contributed by atoms with Crippen LogP contribution in [0.2, 0.25) is 0 Å². The highest BCUT2D eigenvalue weighted by atomic mass is 35.5. The van der Waals surface area contributed by atoms with Gasteiger partial charge in [-0.25, -0.2) is 0 Å². The Labute approximate surface area is 92.3 Å². The quantitative estimate of drug-likeness (QED) is 0.735.